The lowest BCUT2D eigenvalue weighted by atomic mass is 10.0. The van der Waals surface area contributed by atoms with E-state index in [0.717, 1.165) is 64.2 Å². The number of likely N-dealkylation sites (N-methyl/N-ethyl adjacent to an activating group) is 1. The normalized spacial score (nSPS) is 14.4. The number of quaternary nitrogens is 1. The molecular formula is C56H108N2O6P+. The molecule has 0 rings (SSSR count). The Balaban J connectivity index is 4.22. The number of nitrogens with zero attached hydrogens (tertiary/aromatic N) is 1. The average molecular weight is 936 g/mol. The molecule has 3 unspecified atom stereocenters. The summed E-state index contributed by atoms with van der Waals surface area (Å²) in [5, 5.41) is 13.9. The Labute approximate surface area is 403 Å². The van der Waals surface area contributed by atoms with Crippen molar-refractivity contribution in [3.8, 4) is 0 Å². The van der Waals surface area contributed by atoms with Crippen molar-refractivity contribution in [2.75, 3.05) is 40.9 Å². The maximum Gasteiger partial charge on any atom is 0.472 e. The van der Waals surface area contributed by atoms with E-state index in [1.54, 1.807) is 6.08 Å². The van der Waals surface area contributed by atoms with Crippen LogP contribution >= 0.6 is 7.82 Å². The highest BCUT2D eigenvalue weighted by atomic mass is 31.2. The van der Waals surface area contributed by atoms with E-state index in [2.05, 4.69) is 55.6 Å². The van der Waals surface area contributed by atoms with Crippen molar-refractivity contribution in [3.63, 3.8) is 0 Å². The molecule has 0 heterocycles. The number of aliphatic hydroxyl groups excluding tert-OH is 1. The zero-order valence-electron chi connectivity index (χ0n) is 43.5. The van der Waals surface area contributed by atoms with E-state index in [1.165, 1.54) is 167 Å². The van der Waals surface area contributed by atoms with E-state index in [-0.39, 0.29) is 19.1 Å². The molecular weight excluding hydrogens is 828 g/mol. The van der Waals surface area contributed by atoms with Crippen LogP contribution in [0.5, 0.6) is 0 Å². The highest BCUT2D eigenvalue weighted by molar-refractivity contribution is 7.47. The molecule has 8 nitrogen and oxygen atoms in total. The van der Waals surface area contributed by atoms with Crippen molar-refractivity contribution < 1.29 is 32.9 Å². The van der Waals surface area contributed by atoms with Gasteiger partial charge in [-0.05, 0) is 51.4 Å². The van der Waals surface area contributed by atoms with Crippen molar-refractivity contribution in [1.82, 2.24) is 5.32 Å². The highest BCUT2D eigenvalue weighted by Gasteiger charge is 2.27. The standard InChI is InChI=1S/C56H107N2O6P/c1-6-8-10-12-14-16-18-20-22-24-25-26-27-28-29-30-31-32-34-35-37-39-41-43-45-47-49-55(59)54(53-64-65(61,62)63-52-51-58(3,4)5)57-56(60)50-48-46-44-42-40-38-36-33-23-21-19-17-15-13-11-9-7-2/h9,11,15,17,21,23,47,49,54-55,59H,6-8,10,12-14,16,18-20,22,24-46,48,50-53H2,1-5H3,(H-,57,60,61,62)/p+1/b11-9-,17-15-,23-21-,49-47+. The van der Waals surface area contributed by atoms with Crippen LogP contribution < -0.4 is 5.32 Å². The Kier molecular flexibility index (Phi) is 46.4. The lowest BCUT2D eigenvalue weighted by Gasteiger charge is -2.25. The highest BCUT2D eigenvalue weighted by Crippen LogP contribution is 2.43. The number of carbonyl (C=O) groups excluding carboxylic acids is 1. The smallest absolute Gasteiger partial charge is 0.387 e. The van der Waals surface area contributed by atoms with Gasteiger partial charge in [-0.2, -0.15) is 0 Å². The number of hydrogen-bond donors (Lipinski definition) is 3. The second kappa shape index (κ2) is 47.5. The summed E-state index contributed by atoms with van der Waals surface area (Å²) in [6, 6.07) is -0.853. The quantitative estimate of drug-likeness (QED) is 0.0243. The van der Waals surface area contributed by atoms with Crippen LogP contribution in [0.2, 0.25) is 0 Å². The summed E-state index contributed by atoms with van der Waals surface area (Å²) >= 11 is 0. The number of aliphatic hydroxyl groups is 1. The molecule has 1 amide bonds. The van der Waals surface area contributed by atoms with Gasteiger partial charge in [0.2, 0.25) is 5.91 Å². The van der Waals surface area contributed by atoms with Crippen LogP contribution in [0.15, 0.2) is 48.6 Å². The van der Waals surface area contributed by atoms with Crippen LogP contribution in [0.25, 0.3) is 0 Å². The Bertz CT molecular complexity index is 1200. The van der Waals surface area contributed by atoms with E-state index in [4.69, 9.17) is 9.05 Å². The molecule has 0 saturated heterocycles. The second-order valence-electron chi connectivity index (χ2n) is 19.9. The topological polar surface area (TPSA) is 105 Å². The van der Waals surface area contributed by atoms with E-state index in [9.17, 15) is 19.4 Å². The van der Waals surface area contributed by atoms with Gasteiger partial charge in [0.05, 0.1) is 39.9 Å². The number of phosphoric ester groups is 1. The fourth-order valence-electron chi connectivity index (χ4n) is 8.00. The Morgan fingerprint density at radius 2 is 0.923 bits per heavy atom. The van der Waals surface area contributed by atoms with E-state index < -0.39 is 20.0 Å². The van der Waals surface area contributed by atoms with Crippen LogP contribution in [-0.4, -0.2) is 73.4 Å². The van der Waals surface area contributed by atoms with Crippen LogP contribution in [0, 0.1) is 0 Å². The van der Waals surface area contributed by atoms with E-state index >= 15 is 0 Å². The first-order chi connectivity index (χ1) is 31.5. The number of unbranched alkanes of at least 4 members (excludes halogenated alkanes) is 31. The summed E-state index contributed by atoms with van der Waals surface area (Å²) in [6.07, 6.45) is 62.1. The average Bonchev–Trinajstić information content (AvgIpc) is 3.26. The van der Waals surface area contributed by atoms with Crippen molar-refractivity contribution >= 4 is 13.7 Å². The van der Waals surface area contributed by atoms with Crippen molar-refractivity contribution in [2.24, 2.45) is 0 Å². The maximum absolute atomic E-state index is 12.9. The predicted molar refractivity (Wildman–Crippen MR) is 281 cm³/mol. The molecule has 0 bridgehead atoms. The van der Waals surface area contributed by atoms with Crippen molar-refractivity contribution in [3.05, 3.63) is 48.6 Å². The zero-order chi connectivity index (χ0) is 47.8. The molecule has 0 spiro atoms. The molecule has 0 radical (unpaired) electrons. The first kappa shape index (κ1) is 63.5. The molecule has 0 fully saturated rings. The molecule has 9 heteroatoms. The Morgan fingerprint density at radius 1 is 0.538 bits per heavy atom. The fraction of sp³-hybridized carbons (Fsp3) is 0.839. The minimum absolute atomic E-state index is 0.0584. The maximum atomic E-state index is 12.9. The molecule has 0 aliphatic heterocycles. The summed E-state index contributed by atoms with van der Waals surface area (Å²) in [4.78, 5) is 23.2. The van der Waals surface area contributed by atoms with Gasteiger partial charge >= 0.3 is 7.82 Å². The lowest BCUT2D eigenvalue weighted by molar-refractivity contribution is -0.870. The number of carbonyl (C=O) groups is 1. The zero-order valence-corrected chi connectivity index (χ0v) is 44.4. The molecule has 0 aliphatic rings. The van der Waals surface area contributed by atoms with Gasteiger partial charge in [-0.15, -0.1) is 0 Å². The van der Waals surface area contributed by atoms with E-state index in [0.29, 0.717) is 17.4 Å². The summed E-state index contributed by atoms with van der Waals surface area (Å²) in [7, 11) is 1.57. The van der Waals surface area contributed by atoms with Crippen LogP contribution in [0.3, 0.4) is 0 Å². The summed E-state index contributed by atoms with van der Waals surface area (Å²) in [6.45, 7) is 4.72. The van der Waals surface area contributed by atoms with Gasteiger partial charge in [0, 0.05) is 6.42 Å². The number of amides is 1. The Morgan fingerprint density at radius 3 is 1.35 bits per heavy atom. The molecule has 65 heavy (non-hydrogen) atoms. The Hall–Kier alpha value is -1.54. The van der Waals surface area contributed by atoms with Gasteiger partial charge in [-0.1, -0.05) is 242 Å². The molecule has 0 aliphatic carbocycles. The van der Waals surface area contributed by atoms with Crippen LogP contribution in [-0.2, 0) is 18.4 Å². The predicted octanol–water partition coefficient (Wildman–Crippen LogP) is 16.4. The van der Waals surface area contributed by atoms with Crippen molar-refractivity contribution in [2.45, 2.75) is 264 Å². The number of phosphoric acid groups is 1. The first-order valence-electron chi connectivity index (χ1n) is 27.5. The van der Waals surface area contributed by atoms with Crippen LogP contribution in [0.4, 0.5) is 0 Å². The van der Waals surface area contributed by atoms with Crippen molar-refractivity contribution in [1.29, 1.82) is 0 Å². The SMILES string of the molecule is CC/C=C\C/C=C\C/C=C\CCCCCCCCCC(=O)NC(COP(=O)(O)OCC[N+](C)(C)C)C(O)/C=C/CCCCCCCCCCCCCCCCCCCCCCCCCC. The molecule has 0 aromatic carbocycles. The molecule has 0 saturated carbocycles. The summed E-state index contributed by atoms with van der Waals surface area (Å²) in [5.41, 5.74) is 0. The monoisotopic (exact) mass is 936 g/mol. The molecule has 3 atom stereocenters. The number of nitrogens with one attached hydrogen (secondary N) is 1. The molecule has 0 aromatic rings. The number of rotatable bonds is 50. The third-order valence-electron chi connectivity index (χ3n) is 12.3. The molecule has 3 N–H and O–H groups in total. The first-order valence-corrected chi connectivity index (χ1v) is 29.0. The molecule has 382 valence electrons. The van der Waals surface area contributed by atoms with Gasteiger partial charge in [0.25, 0.3) is 0 Å². The third kappa shape index (κ3) is 50.2. The number of allylic oxidation sites excluding steroid dienone is 7. The summed E-state index contributed by atoms with van der Waals surface area (Å²) in [5.74, 6) is -0.186. The van der Waals surface area contributed by atoms with Gasteiger partial charge in [-0.25, -0.2) is 4.57 Å². The summed E-state index contributed by atoms with van der Waals surface area (Å²) < 4.78 is 23.7. The minimum Gasteiger partial charge on any atom is -0.387 e. The van der Waals surface area contributed by atoms with Gasteiger partial charge in [0.1, 0.15) is 13.2 Å². The van der Waals surface area contributed by atoms with Gasteiger partial charge < -0.3 is 19.8 Å². The van der Waals surface area contributed by atoms with Gasteiger partial charge in [0.15, 0.2) is 0 Å². The lowest BCUT2D eigenvalue weighted by Crippen LogP contribution is -2.45. The molecule has 0 aromatic heterocycles. The number of hydrogen-bond acceptors (Lipinski definition) is 5. The third-order valence-corrected chi connectivity index (χ3v) is 13.3. The second-order valence-corrected chi connectivity index (χ2v) is 21.4. The van der Waals surface area contributed by atoms with Gasteiger partial charge in [-0.3, -0.25) is 13.8 Å². The fourth-order valence-corrected chi connectivity index (χ4v) is 8.73. The van der Waals surface area contributed by atoms with E-state index in [1.807, 2.05) is 27.2 Å². The largest absolute Gasteiger partial charge is 0.472 e. The minimum atomic E-state index is -4.35. The van der Waals surface area contributed by atoms with Crippen LogP contribution in [0.1, 0.15) is 251 Å².